The van der Waals surface area contributed by atoms with E-state index in [1.807, 2.05) is 24.5 Å². The molecule has 0 radical (unpaired) electrons. The van der Waals surface area contributed by atoms with Crippen LogP contribution in [-0.4, -0.2) is 30.5 Å². The monoisotopic (exact) mass is 337 g/mol. The molecule has 3 rings (SSSR count). The predicted octanol–water partition coefficient (Wildman–Crippen LogP) is 3.68. The summed E-state index contributed by atoms with van der Waals surface area (Å²) < 4.78 is 0. The van der Waals surface area contributed by atoms with Crippen molar-refractivity contribution in [2.75, 3.05) is 24.5 Å². The molecule has 0 unspecified atom stereocenters. The Bertz CT molecular complexity index is 661. The normalized spacial score (nSPS) is 15.2. The van der Waals surface area contributed by atoms with Gasteiger partial charge in [0, 0.05) is 43.3 Å². The van der Waals surface area contributed by atoms with E-state index in [4.69, 9.17) is 0 Å². The number of hydrogen-bond acceptors (Lipinski definition) is 3. The molecule has 0 aliphatic carbocycles. The summed E-state index contributed by atoms with van der Waals surface area (Å²) in [7, 11) is 0. The van der Waals surface area contributed by atoms with Crippen molar-refractivity contribution in [3.8, 4) is 0 Å². The number of aromatic nitrogens is 1. The molecule has 1 aliphatic heterocycles. The number of carbonyl (C=O) groups is 1. The molecule has 1 saturated heterocycles. The molecule has 1 aliphatic rings. The zero-order valence-corrected chi connectivity index (χ0v) is 14.9. The van der Waals surface area contributed by atoms with Gasteiger partial charge in [-0.05, 0) is 55.0 Å². The van der Waals surface area contributed by atoms with E-state index in [-0.39, 0.29) is 5.91 Å². The van der Waals surface area contributed by atoms with Gasteiger partial charge in [0.05, 0.1) is 0 Å². The molecular weight excluding hydrogens is 310 g/mol. The zero-order chi connectivity index (χ0) is 17.5. The Kier molecular flexibility index (Phi) is 6.04. The van der Waals surface area contributed by atoms with Crippen LogP contribution in [0.4, 0.5) is 5.69 Å². The van der Waals surface area contributed by atoms with Gasteiger partial charge in [-0.1, -0.05) is 25.5 Å². The zero-order valence-electron chi connectivity index (χ0n) is 14.9. The average molecular weight is 337 g/mol. The molecule has 4 nitrogen and oxygen atoms in total. The number of hydrogen-bond donors (Lipinski definition) is 1. The number of nitrogens with zero attached hydrogens (tertiary/aromatic N) is 2. The van der Waals surface area contributed by atoms with Gasteiger partial charge in [-0.3, -0.25) is 9.78 Å². The summed E-state index contributed by atoms with van der Waals surface area (Å²) in [6, 6.07) is 12.1. The van der Waals surface area contributed by atoms with Crippen molar-refractivity contribution in [3.63, 3.8) is 0 Å². The average Bonchev–Trinajstić information content (AvgIpc) is 2.68. The Hall–Kier alpha value is -2.36. The van der Waals surface area contributed by atoms with Crippen molar-refractivity contribution in [3.05, 3.63) is 59.9 Å². The smallest absolute Gasteiger partial charge is 0.251 e. The van der Waals surface area contributed by atoms with Gasteiger partial charge < -0.3 is 10.2 Å². The first-order chi connectivity index (χ1) is 12.3. The van der Waals surface area contributed by atoms with Gasteiger partial charge in [-0.2, -0.15) is 0 Å². The van der Waals surface area contributed by atoms with Gasteiger partial charge in [0.15, 0.2) is 0 Å². The Morgan fingerprint density at radius 3 is 2.44 bits per heavy atom. The number of carbonyl (C=O) groups excluding carboxylic acids is 1. The largest absolute Gasteiger partial charge is 0.371 e. The number of benzene rings is 1. The Morgan fingerprint density at radius 2 is 1.80 bits per heavy atom. The number of pyridine rings is 1. The molecule has 1 aromatic carbocycles. The Morgan fingerprint density at radius 1 is 1.12 bits per heavy atom. The van der Waals surface area contributed by atoms with Crippen molar-refractivity contribution in [2.24, 2.45) is 5.92 Å². The lowest BCUT2D eigenvalue weighted by atomic mass is 9.96. The molecule has 2 heterocycles. The van der Waals surface area contributed by atoms with Gasteiger partial charge in [0.25, 0.3) is 5.91 Å². The van der Waals surface area contributed by atoms with Crippen LogP contribution < -0.4 is 10.2 Å². The molecule has 25 heavy (non-hydrogen) atoms. The van der Waals surface area contributed by atoms with Crippen LogP contribution in [-0.2, 0) is 6.42 Å². The highest BCUT2D eigenvalue weighted by Crippen LogP contribution is 2.22. The predicted molar refractivity (Wildman–Crippen MR) is 102 cm³/mol. The van der Waals surface area contributed by atoms with Crippen molar-refractivity contribution in [1.82, 2.24) is 10.3 Å². The van der Waals surface area contributed by atoms with Crippen LogP contribution in [0.3, 0.4) is 0 Å². The van der Waals surface area contributed by atoms with E-state index in [9.17, 15) is 4.79 Å². The van der Waals surface area contributed by atoms with Gasteiger partial charge >= 0.3 is 0 Å². The maximum atomic E-state index is 12.3. The summed E-state index contributed by atoms with van der Waals surface area (Å²) >= 11 is 0. The van der Waals surface area contributed by atoms with Crippen molar-refractivity contribution in [2.45, 2.75) is 32.6 Å². The Labute approximate surface area is 150 Å². The second-order valence-corrected chi connectivity index (χ2v) is 6.79. The van der Waals surface area contributed by atoms with E-state index in [0.29, 0.717) is 5.92 Å². The molecule has 1 fully saturated rings. The third kappa shape index (κ3) is 4.81. The van der Waals surface area contributed by atoms with Gasteiger partial charge in [0.2, 0.25) is 0 Å². The fraction of sp³-hybridized carbons (Fsp3) is 0.429. The maximum absolute atomic E-state index is 12.3. The first kappa shape index (κ1) is 17.5. The number of anilines is 1. The van der Waals surface area contributed by atoms with E-state index in [0.717, 1.165) is 50.9 Å². The van der Waals surface area contributed by atoms with Crippen LogP contribution in [0.1, 0.15) is 42.1 Å². The van der Waals surface area contributed by atoms with Crippen LogP contribution in [0, 0.1) is 5.92 Å². The van der Waals surface area contributed by atoms with E-state index in [1.165, 1.54) is 11.3 Å². The third-order valence-electron chi connectivity index (χ3n) is 4.95. The first-order valence-corrected chi connectivity index (χ1v) is 9.28. The fourth-order valence-electron chi connectivity index (χ4n) is 3.40. The second-order valence-electron chi connectivity index (χ2n) is 6.79. The maximum Gasteiger partial charge on any atom is 0.251 e. The lowest BCUT2D eigenvalue weighted by Gasteiger charge is -2.33. The number of rotatable bonds is 6. The molecule has 132 valence electrons. The molecule has 0 bridgehead atoms. The highest BCUT2D eigenvalue weighted by Gasteiger charge is 2.20. The summed E-state index contributed by atoms with van der Waals surface area (Å²) in [5.74, 6) is 0.598. The van der Waals surface area contributed by atoms with Crippen LogP contribution in [0.25, 0.3) is 0 Å². The highest BCUT2D eigenvalue weighted by molar-refractivity contribution is 5.94. The topological polar surface area (TPSA) is 45.2 Å². The Balaban J connectivity index is 1.44. The summed E-state index contributed by atoms with van der Waals surface area (Å²) in [6.07, 6.45) is 8.10. The van der Waals surface area contributed by atoms with Gasteiger partial charge in [0.1, 0.15) is 0 Å². The standard InChI is InChI=1S/C21H27N3O/c1-2-3-17-4-6-19(7-5-17)21(25)23-16-18-10-14-24(15-11-18)20-8-12-22-13-9-20/h4-9,12-13,18H,2-3,10-11,14-16H2,1H3,(H,23,25). The summed E-state index contributed by atoms with van der Waals surface area (Å²) in [5.41, 5.74) is 3.29. The third-order valence-corrected chi connectivity index (χ3v) is 4.95. The number of amides is 1. The molecular formula is C21H27N3O. The highest BCUT2D eigenvalue weighted by atomic mass is 16.1. The SMILES string of the molecule is CCCc1ccc(C(=O)NCC2CCN(c3ccncc3)CC2)cc1. The van der Waals surface area contributed by atoms with Crippen LogP contribution in [0.5, 0.6) is 0 Å². The molecule has 1 aromatic heterocycles. The number of piperidine rings is 1. The number of aryl methyl sites for hydroxylation is 1. The molecule has 0 atom stereocenters. The first-order valence-electron chi connectivity index (χ1n) is 9.28. The van der Waals surface area contributed by atoms with E-state index in [2.05, 4.69) is 46.4 Å². The van der Waals surface area contributed by atoms with Crippen LogP contribution in [0.2, 0.25) is 0 Å². The minimum Gasteiger partial charge on any atom is -0.371 e. The summed E-state index contributed by atoms with van der Waals surface area (Å²) in [6.45, 7) is 5.01. The quantitative estimate of drug-likeness (QED) is 0.874. The second kappa shape index (κ2) is 8.65. The van der Waals surface area contributed by atoms with E-state index < -0.39 is 0 Å². The van der Waals surface area contributed by atoms with Crippen molar-refractivity contribution < 1.29 is 4.79 Å². The summed E-state index contributed by atoms with van der Waals surface area (Å²) in [5, 5.41) is 3.11. The molecule has 1 amide bonds. The fourth-order valence-corrected chi connectivity index (χ4v) is 3.40. The minimum absolute atomic E-state index is 0.0413. The lowest BCUT2D eigenvalue weighted by molar-refractivity contribution is 0.0945. The lowest BCUT2D eigenvalue weighted by Crippen LogP contribution is -2.38. The van der Waals surface area contributed by atoms with E-state index >= 15 is 0 Å². The molecule has 0 saturated carbocycles. The van der Waals surface area contributed by atoms with Crippen molar-refractivity contribution in [1.29, 1.82) is 0 Å². The van der Waals surface area contributed by atoms with E-state index in [1.54, 1.807) is 0 Å². The molecule has 4 heteroatoms. The van der Waals surface area contributed by atoms with Crippen LogP contribution in [0.15, 0.2) is 48.8 Å². The van der Waals surface area contributed by atoms with Gasteiger partial charge in [-0.15, -0.1) is 0 Å². The molecule has 0 spiro atoms. The molecule has 2 aromatic rings. The summed E-state index contributed by atoms with van der Waals surface area (Å²) in [4.78, 5) is 18.8. The number of nitrogens with one attached hydrogen (secondary N) is 1. The van der Waals surface area contributed by atoms with Crippen LogP contribution >= 0.6 is 0 Å². The van der Waals surface area contributed by atoms with Crippen molar-refractivity contribution >= 4 is 11.6 Å². The minimum atomic E-state index is 0.0413. The molecule has 1 N–H and O–H groups in total. The van der Waals surface area contributed by atoms with Gasteiger partial charge in [-0.25, -0.2) is 0 Å².